The van der Waals surface area contributed by atoms with Crippen LogP contribution in [0.3, 0.4) is 0 Å². The fraction of sp³-hybridized carbons (Fsp3) is 0.304. The van der Waals surface area contributed by atoms with Gasteiger partial charge in [-0.2, -0.15) is 4.31 Å². The lowest BCUT2D eigenvalue weighted by molar-refractivity contribution is 0.198. The number of sulfonamides is 1. The van der Waals surface area contributed by atoms with Crippen molar-refractivity contribution in [1.29, 1.82) is 0 Å². The normalized spacial score (nSPS) is 15.5. The van der Waals surface area contributed by atoms with Crippen molar-refractivity contribution >= 4 is 16.1 Å². The van der Waals surface area contributed by atoms with Crippen LogP contribution in [-0.2, 0) is 17.1 Å². The van der Waals surface area contributed by atoms with Gasteiger partial charge in [0.1, 0.15) is 0 Å². The first kappa shape index (κ1) is 22.0. The Labute approximate surface area is 188 Å². The maximum atomic E-state index is 13.2. The summed E-state index contributed by atoms with van der Waals surface area (Å²) in [6.07, 6.45) is 3.52. The molecule has 168 valence electrons. The quantitative estimate of drug-likeness (QED) is 0.643. The van der Waals surface area contributed by atoms with Gasteiger partial charge in [0, 0.05) is 39.4 Å². The molecule has 2 amide bonds. The Kier molecular flexibility index (Phi) is 6.57. The highest BCUT2D eigenvalue weighted by atomic mass is 32.2. The van der Waals surface area contributed by atoms with Gasteiger partial charge in [0.05, 0.1) is 12.4 Å². The second kappa shape index (κ2) is 9.54. The maximum Gasteiger partial charge on any atom is 0.318 e. The second-order valence-electron chi connectivity index (χ2n) is 7.83. The number of aromatic nitrogens is 2. The fourth-order valence-corrected chi connectivity index (χ4v) is 5.29. The van der Waals surface area contributed by atoms with Gasteiger partial charge in [-0.05, 0) is 17.5 Å². The van der Waals surface area contributed by atoms with Crippen LogP contribution >= 0.6 is 0 Å². The van der Waals surface area contributed by atoms with Gasteiger partial charge in [0.25, 0.3) is 10.0 Å². The number of nitrogens with zero attached hydrogens (tertiary/aromatic N) is 4. The molecule has 3 aromatic rings. The van der Waals surface area contributed by atoms with E-state index in [4.69, 9.17) is 0 Å². The van der Waals surface area contributed by atoms with Crippen LogP contribution in [-0.4, -0.2) is 59.4 Å². The van der Waals surface area contributed by atoms with Gasteiger partial charge in [-0.3, -0.25) is 0 Å². The van der Waals surface area contributed by atoms with Crippen molar-refractivity contribution in [3.05, 3.63) is 84.3 Å². The topological polar surface area (TPSA) is 87.5 Å². The number of rotatable bonds is 5. The molecule has 4 rings (SSSR count). The molecule has 0 aliphatic carbocycles. The van der Waals surface area contributed by atoms with E-state index in [1.54, 1.807) is 16.5 Å². The smallest absolute Gasteiger partial charge is 0.318 e. The molecule has 0 radical (unpaired) electrons. The van der Waals surface area contributed by atoms with E-state index in [9.17, 15) is 13.2 Å². The minimum Gasteiger partial charge on any atom is -0.339 e. The van der Waals surface area contributed by atoms with Gasteiger partial charge in [0.2, 0.25) is 0 Å². The van der Waals surface area contributed by atoms with Gasteiger partial charge < -0.3 is 14.8 Å². The highest BCUT2D eigenvalue weighted by Crippen LogP contribution is 2.22. The Morgan fingerprint density at radius 2 is 1.56 bits per heavy atom. The van der Waals surface area contributed by atoms with Crippen molar-refractivity contribution in [3.63, 3.8) is 0 Å². The summed E-state index contributed by atoms with van der Waals surface area (Å²) in [4.78, 5) is 18.9. The summed E-state index contributed by atoms with van der Waals surface area (Å²) in [6.45, 7) is 1.38. The summed E-state index contributed by atoms with van der Waals surface area (Å²) in [7, 11) is -1.95. The Hall–Kier alpha value is -3.17. The maximum absolute atomic E-state index is 13.2. The standard InChI is InChI=1S/C23H27N5O3S/c1-26-17-21(24-18-26)32(30,31)28-14-8-13-27(15-16-28)23(29)25-22(19-9-4-2-5-10-19)20-11-6-3-7-12-20/h2-7,9-12,17-18,22H,8,13-16H2,1H3,(H,25,29). The van der Waals surface area contributed by atoms with E-state index in [1.165, 1.54) is 16.8 Å². The number of nitrogens with one attached hydrogen (secondary N) is 1. The molecule has 1 aliphatic rings. The molecule has 1 fully saturated rings. The number of hydrogen-bond acceptors (Lipinski definition) is 4. The van der Waals surface area contributed by atoms with Gasteiger partial charge in [-0.25, -0.2) is 18.2 Å². The zero-order valence-electron chi connectivity index (χ0n) is 18.0. The lowest BCUT2D eigenvalue weighted by atomic mass is 9.99. The third-order valence-corrected chi connectivity index (χ3v) is 7.35. The number of carbonyl (C=O) groups excluding carboxylic acids is 1. The molecule has 8 nitrogen and oxygen atoms in total. The molecule has 0 saturated carbocycles. The predicted octanol–water partition coefficient (Wildman–Crippen LogP) is 2.62. The van der Waals surface area contributed by atoms with Gasteiger partial charge in [0.15, 0.2) is 5.03 Å². The Bertz CT molecular complexity index is 1110. The molecule has 1 aromatic heterocycles. The third-order valence-electron chi connectivity index (χ3n) is 5.56. The van der Waals surface area contributed by atoms with E-state index >= 15 is 0 Å². The van der Waals surface area contributed by atoms with Crippen molar-refractivity contribution < 1.29 is 13.2 Å². The van der Waals surface area contributed by atoms with Crippen LogP contribution in [0.15, 0.2) is 78.2 Å². The van der Waals surface area contributed by atoms with Crippen LogP contribution in [0.4, 0.5) is 4.79 Å². The summed E-state index contributed by atoms with van der Waals surface area (Å²) < 4.78 is 28.8. The van der Waals surface area contributed by atoms with Crippen molar-refractivity contribution in [3.8, 4) is 0 Å². The molecular weight excluding hydrogens is 426 g/mol. The number of benzene rings is 2. The molecule has 0 spiro atoms. The third kappa shape index (κ3) is 4.84. The predicted molar refractivity (Wildman–Crippen MR) is 121 cm³/mol. The molecule has 0 atom stereocenters. The molecule has 2 aromatic carbocycles. The van der Waals surface area contributed by atoms with Crippen molar-refractivity contribution in [1.82, 2.24) is 24.1 Å². The van der Waals surface area contributed by atoms with Crippen LogP contribution in [0.25, 0.3) is 0 Å². The Balaban J connectivity index is 1.47. The van der Waals surface area contributed by atoms with Crippen LogP contribution in [0, 0.1) is 0 Å². The van der Waals surface area contributed by atoms with E-state index in [2.05, 4.69) is 10.3 Å². The molecule has 0 unspecified atom stereocenters. The summed E-state index contributed by atoms with van der Waals surface area (Å²) >= 11 is 0. The number of urea groups is 1. The van der Waals surface area contributed by atoms with Crippen LogP contribution in [0.2, 0.25) is 0 Å². The first-order valence-corrected chi connectivity index (χ1v) is 12.0. The number of imidazole rings is 1. The molecular formula is C23H27N5O3S. The molecule has 1 aliphatic heterocycles. The fourth-order valence-electron chi connectivity index (χ4n) is 3.86. The molecule has 1 saturated heterocycles. The minimum atomic E-state index is -3.68. The molecule has 1 N–H and O–H groups in total. The van der Waals surface area contributed by atoms with E-state index in [1.807, 2.05) is 60.7 Å². The zero-order valence-corrected chi connectivity index (χ0v) is 18.8. The summed E-state index contributed by atoms with van der Waals surface area (Å²) in [5.74, 6) is 0. The van der Waals surface area contributed by atoms with Gasteiger partial charge in [-0.1, -0.05) is 60.7 Å². The zero-order chi connectivity index (χ0) is 22.6. The number of hydrogen-bond donors (Lipinski definition) is 1. The van der Waals surface area contributed by atoms with Crippen molar-refractivity contribution in [2.75, 3.05) is 26.2 Å². The van der Waals surface area contributed by atoms with Gasteiger partial charge in [-0.15, -0.1) is 0 Å². The number of aryl methyl sites for hydroxylation is 1. The van der Waals surface area contributed by atoms with E-state index < -0.39 is 10.0 Å². The van der Waals surface area contributed by atoms with Gasteiger partial charge >= 0.3 is 6.03 Å². The number of carbonyl (C=O) groups is 1. The minimum absolute atomic E-state index is 0.0334. The van der Waals surface area contributed by atoms with E-state index in [0.29, 0.717) is 26.1 Å². The highest BCUT2D eigenvalue weighted by Gasteiger charge is 2.30. The lowest BCUT2D eigenvalue weighted by Crippen LogP contribution is -2.44. The Morgan fingerprint density at radius 3 is 2.12 bits per heavy atom. The van der Waals surface area contributed by atoms with Crippen LogP contribution < -0.4 is 5.32 Å². The monoisotopic (exact) mass is 453 g/mol. The van der Waals surface area contributed by atoms with Crippen LogP contribution in [0.1, 0.15) is 23.6 Å². The average molecular weight is 454 g/mol. The lowest BCUT2D eigenvalue weighted by Gasteiger charge is -2.26. The largest absolute Gasteiger partial charge is 0.339 e. The molecule has 9 heteroatoms. The summed E-state index contributed by atoms with van der Waals surface area (Å²) in [5, 5.41) is 3.17. The SMILES string of the molecule is Cn1cnc(S(=O)(=O)N2CCCN(C(=O)NC(c3ccccc3)c3ccccc3)CC2)c1. The average Bonchev–Trinajstić information content (AvgIpc) is 3.10. The van der Waals surface area contributed by atoms with Crippen LogP contribution in [0.5, 0.6) is 0 Å². The second-order valence-corrected chi connectivity index (χ2v) is 9.71. The van der Waals surface area contributed by atoms with E-state index in [0.717, 1.165) is 11.1 Å². The highest BCUT2D eigenvalue weighted by molar-refractivity contribution is 7.89. The Morgan fingerprint density at radius 1 is 0.938 bits per heavy atom. The first-order valence-electron chi connectivity index (χ1n) is 10.6. The van der Waals surface area contributed by atoms with E-state index in [-0.39, 0.29) is 23.6 Å². The first-order chi connectivity index (χ1) is 15.4. The van der Waals surface area contributed by atoms with Crippen molar-refractivity contribution in [2.45, 2.75) is 17.5 Å². The van der Waals surface area contributed by atoms with Crippen molar-refractivity contribution in [2.24, 2.45) is 7.05 Å². The molecule has 32 heavy (non-hydrogen) atoms. The summed E-state index contributed by atoms with van der Waals surface area (Å²) in [5.41, 5.74) is 1.97. The summed E-state index contributed by atoms with van der Waals surface area (Å²) in [6, 6.07) is 19.1. The molecule has 2 heterocycles. The number of amides is 2. The molecule has 0 bridgehead atoms.